The predicted molar refractivity (Wildman–Crippen MR) is 53.8 cm³/mol. The Labute approximate surface area is 80.4 Å². The normalized spacial score (nSPS) is 6.08. The Morgan fingerprint density at radius 2 is 1.15 bits per heavy atom. The molecule has 0 spiro atoms. The number of nitrogens with one attached hydrogen (secondary N) is 1. The molecule has 0 radical (unpaired) electrons. The van der Waals surface area contributed by atoms with Gasteiger partial charge in [0.1, 0.15) is 0 Å². The first-order valence-corrected chi connectivity index (χ1v) is 3.97. The molecule has 84 valence electrons. The van der Waals surface area contributed by atoms with Crippen LogP contribution in [0.1, 0.15) is 20.8 Å². The molecular formula is C8H23NO4. The highest BCUT2D eigenvalue weighted by atomic mass is 16.4. The lowest BCUT2D eigenvalue weighted by Crippen LogP contribution is -1.89. The molecule has 4 N–H and O–H groups in total. The van der Waals surface area contributed by atoms with Gasteiger partial charge in [0, 0.05) is 20.1 Å². The van der Waals surface area contributed by atoms with Crippen LogP contribution < -0.4 is 5.32 Å². The number of carbonyl (C=O) groups is 1. The summed E-state index contributed by atoms with van der Waals surface area (Å²) < 4.78 is 0. The number of aliphatic carboxylic acids is 1. The van der Waals surface area contributed by atoms with Gasteiger partial charge in [-0.15, -0.1) is 0 Å². The second-order valence-electron chi connectivity index (χ2n) is 1.65. The fraction of sp³-hybridized carbons (Fsp3) is 0.875. The summed E-state index contributed by atoms with van der Waals surface area (Å²) in [4.78, 5) is 9.00. The Morgan fingerprint density at radius 3 is 1.15 bits per heavy atom. The van der Waals surface area contributed by atoms with Crippen LogP contribution in [0.3, 0.4) is 0 Å². The molecule has 0 aromatic carbocycles. The third kappa shape index (κ3) is 2350. The van der Waals surface area contributed by atoms with Crippen LogP contribution in [-0.4, -0.2) is 48.6 Å². The van der Waals surface area contributed by atoms with E-state index in [9.17, 15) is 0 Å². The van der Waals surface area contributed by atoms with Gasteiger partial charge in [0.25, 0.3) is 5.97 Å². The van der Waals surface area contributed by atoms with Crippen molar-refractivity contribution in [1.82, 2.24) is 5.32 Å². The molecular weight excluding hydrogens is 174 g/mol. The molecule has 0 amide bonds. The first kappa shape index (κ1) is 22.8. The van der Waals surface area contributed by atoms with Gasteiger partial charge >= 0.3 is 0 Å². The van der Waals surface area contributed by atoms with Crippen molar-refractivity contribution < 1.29 is 20.1 Å². The van der Waals surface area contributed by atoms with Gasteiger partial charge in [-0.2, -0.15) is 0 Å². The van der Waals surface area contributed by atoms with E-state index in [1.807, 2.05) is 14.1 Å². The molecule has 13 heavy (non-hydrogen) atoms. The van der Waals surface area contributed by atoms with E-state index in [4.69, 9.17) is 20.1 Å². The maximum Gasteiger partial charge on any atom is 0.300 e. The molecule has 0 rings (SSSR count). The van der Waals surface area contributed by atoms with E-state index in [-0.39, 0.29) is 13.2 Å². The molecule has 0 aliphatic heterocycles. The van der Waals surface area contributed by atoms with Gasteiger partial charge in [-0.3, -0.25) is 4.79 Å². The Hall–Kier alpha value is -0.650. The van der Waals surface area contributed by atoms with E-state index < -0.39 is 5.97 Å². The molecule has 0 aromatic rings. The average Bonchev–Trinajstić information content (AvgIpc) is 1.88. The Morgan fingerprint density at radius 1 is 1.15 bits per heavy atom. The highest BCUT2D eigenvalue weighted by Crippen LogP contribution is 1.42. The van der Waals surface area contributed by atoms with Crippen molar-refractivity contribution in [3.8, 4) is 0 Å². The Bertz CT molecular complexity index is 60.4. The molecule has 0 bridgehead atoms. The highest BCUT2D eigenvalue weighted by Gasteiger charge is 1.65. The van der Waals surface area contributed by atoms with E-state index in [2.05, 4.69) is 5.32 Å². The lowest BCUT2D eigenvalue weighted by atomic mass is 10.9. The number of rotatable bonds is 0. The van der Waals surface area contributed by atoms with Crippen molar-refractivity contribution >= 4 is 5.97 Å². The van der Waals surface area contributed by atoms with Crippen LogP contribution in [0.15, 0.2) is 0 Å². The smallest absolute Gasteiger partial charge is 0.300 e. The van der Waals surface area contributed by atoms with Crippen LogP contribution in [-0.2, 0) is 4.79 Å². The molecule has 0 saturated carbocycles. The second kappa shape index (κ2) is 42.5. The maximum absolute atomic E-state index is 9.00. The molecule has 0 atom stereocenters. The van der Waals surface area contributed by atoms with Crippen LogP contribution in [0.5, 0.6) is 0 Å². The van der Waals surface area contributed by atoms with Crippen LogP contribution in [0.4, 0.5) is 0 Å². The van der Waals surface area contributed by atoms with Crippen molar-refractivity contribution in [2.45, 2.75) is 20.8 Å². The molecule has 0 fully saturated rings. The summed E-state index contributed by atoms with van der Waals surface area (Å²) in [6.07, 6.45) is 0. The van der Waals surface area contributed by atoms with Crippen LogP contribution in [0, 0.1) is 0 Å². The highest BCUT2D eigenvalue weighted by molar-refractivity contribution is 5.62. The van der Waals surface area contributed by atoms with E-state index in [1.54, 1.807) is 13.8 Å². The number of carboxylic acids is 1. The monoisotopic (exact) mass is 197 g/mol. The molecule has 0 saturated heterocycles. The number of hydrogen-bond donors (Lipinski definition) is 4. The summed E-state index contributed by atoms with van der Waals surface area (Å²) in [5.74, 6) is -0.833. The molecule has 0 aliphatic rings. The zero-order valence-electron chi connectivity index (χ0n) is 9.16. The summed E-state index contributed by atoms with van der Waals surface area (Å²) in [5.41, 5.74) is 0. The van der Waals surface area contributed by atoms with E-state index >= 15 is 0 Å². The molecule has 0 heterocycles. The van der Waals surface area contributed by atoms with Crippen LogP contribution >= 0.6 is 0 Å². The minimum Gasteiger partial charge on any atom is -0.481 e. The summed E-state index contributed by atoms with van der Waals surface area (Å²) in [6.45, 7) is 4.94. The first-order valence-electron chi connectivity index (χ1n) is 3.97. The van der Waals surface area contributed by atoms with E-state index in [1.165, 1.54) is 0 Å². The standard InChI is InChI=1S/C2H7N.C2H4O2.2C2H6O/c1-3-2;1-2(3)4;2*1-2-3/h3H,1-2H3;1H3,(H,3,4);2*3H,2H2,1H3. The van der Waals surface area contributed by atoms with Gasteiger partial charge < -0.3 is 20.6 Å². The number of aliphatic hydroxyl groups excluding tert-OH is 2. The minimum absolute atomic E-state index is 0.250. The van der Waals surface area contributed by atoms with Crippen molar-refractivity contribution in [1.29, 1.82) is 0 Å². The van der Waals surface area contributed by atoms with Crippen molar-refractivity contribution in [3.63, 3.8) is 0 Å². The van der Waals surface area contributed by atoms with Gasteiger partial charge in [-0.05, 0) is 27.9 Å². The molecule has 0 aromatic heterocycles. The first-order chi connectivity index (χ1) is 5.97. The Balaban J connectivity index is -0.0000000420. The fourth-order valence-electron chi connectivity index (χ4n) is 0. The summed E-state index contributed by atoms with van der Waals surface area (Å²) in [5, 5.41) is 25.3. The van der Waals surface area contributed by atoms with Crippen molar-refractivity contribution in [3.05, 3.63) is 0 Å². The largest absolute Gasteiger partial charge is 0.481 e. The third-order valence-corrected chi connectivity index (χ3v) is 0. The quantitative estimate of drug-likeness (QED) is 0.436. The van der Waals surface area contributed by atoms with Crippen molar-refractivity contribution in [2.24, 2.45) is 0 Å². The van der Waals surface area contributed by atoms with E-state index in [0.717, 1.165) is 6.92 Å². The van der Waals surface area contributed by atoms with Crippen LogP contribution in [0.25, 0.3) is 0 Å². The molecule has 0 unspecified atom stereocenters. The van der Waals surface area contributed by atoms with Gasteiger partial charge in [-0.1, -0.05) is 0 Å². The SMILES string of the molecule is CC(=O)O.CCO.CCO.CNC. The van der Waals surface area contributed by atoms with Crippen molar-refractivity contribution in [2.75, 3.05) is 27.3 Å². The zero-order chi connectivity index (χ0) is 11.7. The minimum atomic E-state index is -0.833. The topological polar surface area (TPSA) is 89.8 Å². The lowest BCUT2D eigenvalue weighted by molar-refractivity contribution is -0.134. The Kier molecular flexibility index (Phi) is 74.6. The summed E-state index contributed by atoms with van der Waals surface area (Å²) >= 11 is 0. The molecule has 5 heteroatoms. The van der Waals surface area contributed by atoms with Crippen LogP contribution in [0.2, 0.25) is 0 Å². The number of carboxylic acid groups (broad SMARTS) is 1. The van der Waals surface area contributed by atoms with Gasteiger partial charge in [-0.25, -0.2) is 0 Å². The molecule has 0 aliphatic carbocycles. The van der Waals surface area contributed by atoms with Gasteiger partial charge in [0.05, 0.1) is 0 Å². The zero-order valence-corrected chi connectivity index (χ0v) is 9.16. The lowest BCUT2D eigenvalue weighted by Gasteiger charge is -1.59. The maximum atomic E-state index is 9.00. The second-order valence-corrected chi connectivity index (χ2v) is 1.65. The number of hydrogen-bond acceptors (Lipinski definition) is 4. The van der Waals surface area contributed by atoms with E-state index in [0.29, 0.717) is 0 Å². The van der Waals surface area contributed by atoms with Gasteiger partial charge in [0.15, 0.2) is 0 Å². The van der Waals surface area contributed by atoms with Gasteiger partial charge in [0.2, 0.25) is 0 Å². The average molecular weight is 197 g/mol. The fourth-order valence-corrected chi connectivity index (χ4v) is 0. The number of aliphatic hydroxyl groups is 2. The molecule has 5 nitrogen and oxygen atoms in total. The third-order valence-electron chi connectivity index (χ3n) is 0. The summed E-state index contributed by atoms with van der Waals surface area (Å²) in [7, 11) is 3.75. The predicted octanol–water partition coefficient (Wildman–Crippen LogP) is -0.0763. The summed E-state index contributed by atoms with van der Waals surface area (Å²) in [6, 6.07) is 0.